The van der Waals surface area contributed by atoms with Gasteiger partial charge in [-0.15, -0.1) is 0 Å². The van der Waals surface area contributed by atoms with Crippen molar-refractivity contribution in [2.75, 3.05) is 19.3 Å². The Morgan fingerprint density at radius 2 is 2.00 bits per heavy atom. The fraction of sp³-hybridized carbons (Fsp3) is 0.875. The highest BCUT2D eigenvalue weighted by Gasteiger charge is 2.04. The topological polar surface area (TPSA) is 101 Å². The van der Waals surface area contributed by atoms with Crippen molar-refractivity contribution in [1.82, 2.24) is 10.0 Å². The Morgan fingerprint density at radius 1 is 1.40 bits per heavy atom. The van der Waals surface area contributed by atoms with Gasteiger partial charge in [0.15, 0.2) is 0 Å². The van der Waals surface area contributed by atoms with Gasteiger partial charge in [0.25, 0.3) is 0 Å². The van der Waals surface area contributed by atoms with Crippen LogP contribution in [-0.2, 0) is 14.8 Å². The first-order valence-electron chi connectivity index (χ1n) is 4.78. The van der Waals surface area contributed by atoms with Crippen LogP contribution < -0.4 is 15.8 Å². The van der Waals surface area contributed by atoms with Crippen LogP contribution in [0.15, 0.2) is 0 Å². The fourth-order valence-electron chi connectivity index (χ4n) is 0.938. The van der Waals surface area contributed by atoms with E-state index in [1.165, 1.54) is 0 Å². The van der Waals surface area contributed by atoms with E-state index in [4.69, 9.17) is 5.73 Å². The number of rotatable bonds is 7. The summed E-state index contributed by atoms with van der Waals surface area (Å²) in [6.45, 7) is 2.54. The van der Waals surface area contributed by atoms with Crippen LogP contribution >= 0.6 is 0 Å². The van der Waals surface area contributed by atoms with Crippen LogP contribution in [0.5, 0.6) is 0 Å². The van der Waals surface area contributed by atoms with Gasteiger partial charge in [0.1, 0.15) is 0 Å². The zero-order valence-electron chi connectivity index (χ0n) is 9.12. The number of carbonyl (C=O) groups is 1. The lowest BCUT2D eigenvalue weighted by Gasteiger charge is -2.07. The van der Waals surface area contributed by atoms with Crippen molar-refractivity contribution in [2.24, 2.45) is 5.73 Å². The highest BCUT2D eigenvalue weighted by Crippen LogP contribution is 1.86. The predicted octanol–water partition coefficient (Wildman–Crippen LogP) is -1.22. The summed E-state index contributed by atoms with van der Waals surface area (Å²) in [5.74, 6) is -0.107. The average molecular weight is 237 g/mol. The Morgan fingerprint density at radius 3 is 2.47 bits per heavy atom. The molecule has 4 N–H and O–H groups in total. The molecule has 0 aromatic carbocycles. The molecule has 0 aliphatic rings. The fourth-order valence-corrected chi connectivity index (χ4v) is 1.45. The van der Waals surface area contributed by atoms with Crippen LogP contribution in [0.3, 0.4) is 0 Å². The molecule has 0 saturated carbocycles. The first kappa shape index (κ1) is 14.3. The second-order valence-electron chi connectivity index (χ2n) is 3.55. The number of nitrogens with two attached hydrogens (primary N) is 1. The molecule has 0 aromatic heterocycles. The number of nitrogens with one attached hydrogen (secondary N) is 2. The average Bonchev–Trinajstić information content (AvgIpc) is 1.99. The number of amides is 1. The molecule has 15 heavy (non-hydrogen) atoms. The molecule has 0 spiro atoms. The number of sulfonamides is 1. The molecule has 1 amide bonds. The molecule has 0 radical (unpaired) electrons. The lowest BCUT2D eigenvalue weighted by molar-refractivity contribution is -0.121. The minimum absolute atomic E-state index is 0.107. The van der Waals surface area contributed by atoms with E-state index in [9.17, 15) is 13.2 Å². The van der Waals surface area contributed by atoms with Gasteiger partial charge in [-0.2, -0.15) is 0 Å². The van der Waals surface area contributed by atoms with Crippen molar-refractivity contribution in [1.29, 1.82) is 0 Å². The molecule has 1 unspecified atom stereocenters. The zero-order valence-corrected chi connectivity index (χ0v) is 9.93. The summed E-state index contributed by atoms with van der Waals surface area (Å²) in [6, 6.07) is -0.154. The normalized spacial score (nSPS) is 13.5. The Balaban J connectivity index is 3.43. The third kappa shape index (κ3) is 11.3. The summed E-state index contributed by atoms with van der Waals surface area (Å²) in [6.07, 6.45) is 1.96. The summed E-state index contributed by atoms with van der Waals surface area (Å²) in [5, 5.41) is 2.65. The predicted molar refractivity (Wildman–Crippen MR) is 58.7 cm³/mol. The third-order valence-electron chi connectivity index (χ3n) is 1.55. The molecule has 0 aliphatic carbocycles. The molecule has 0 saturated heterocycles. The van der Waals surface area contributed by atoms with Crippen molar-refractivity contribution in [2.45, 2.75) is 25.8 Å². The SMILES string of the molecule is CC(N)CC(=O)NCCCNS(C)(=O)=O. The first-order valence-corrected chi connectivity index (χ1v) is 6.67. The van der Waals surface area contributed by atoms with E-state index < -0.39 is 10.0 Å². The van der Waals surface area contributed by atoms with Crippen molar-refractivity contribution >= 4 is 15.9 Å². The minimum atomic E-state index is -3.13. The molecular formula is C8H19N3O3S. The van der Waals surface area contributed by atoms with Crippen LogP contribution in [0.2, 0.25) is 0 Å². The largest absolute Gasteiger partial charge is 0.356 e. The Kier molecular flexibility index (Phi) is 6.46. The van der Waals surface area contributed by atoms with Gasteiger partial charge in [-0.1, -0.05) is 0 Å². The monoisotopic (exact) mass is 237 g/mol. The standard InChI is InChI=1S/C8H19N3O3S/c1-7(9)6-8(12)10-4-3-5-11-15(2,13)14/h7,11H,3-6,9H2,1-2H3,(H,10,12). The van der Waals surface area contributed by atoms with E-state index in [0.29, 0.717) is 25.9 Å². The van der Waals surface area contributed by atoms with Crippen molar-refractivity contribution in [3.8, 4) is 0 Å². The van der Waals surface area contributed by atoms with E-state index in [1.54, 1.807) is 6.92 Å². The maximum Gasteiger partial charge on any atom is 0.221 e. The molecule has 90 valence electrons. The maximum absolute atomic E-state index is 11.1. The quantitative estimate of drug-likeness (QED) is 0.483. The Bertz CT molecular complexity index is 288. The van der Waals surface area contributed by atoms with Crippen molar-refractivity contribution < 1.29 is 13.2 Å². The molecule has 7 heteroatoms. The maximum atomic E-state index is 11.1. The summed E-state index contributed by atoms with van der Waals surface area (Å²) in [5.41, 5.74) is 5.43. The lowest BCUT2D eigenvalue weighted by atomic mass is 10.2. The van der Waals surface area contributed by atoms with Crippen LogP contribution in [0.25, 0.3) is 0 Å². The second kappa shape index (κ2) is 6.76. The van der Waals surface area contributed by atoms with Gasteiger partial charge in [0.05, 0.1) is 6.26 Å². The zero-order chi connectivity index (χ0) is 11.9. The number of hydrogen-bond acceptors (Lipinski definition) is 4. The Hall–Kier alpha value is -0.660. The van der Waals surface area contributed by atoms with E-state index in [2.05, 4.69) is 10.0 Å². The van der Waals surface area contributed by atoms with Gasteiger partial charge in [0.2, 0.25) is 15.9 Å². The molecule has 0 aliphatic heterocycles. The molecule has 0 heterocycles. The van der Waals surface area contributed by atoms with E-state index in [-0.39, 0.29) is 11.9 Å². The molecule has 0 fully saturated rings. The van der Waals surface area contributed by atoms with Crippen LogP contribution in [0.4, 0.5) is 0 Å². The molecule has 1 atom stereocenters. The number of hydrogen-bond donors (Lipinski definition) is 3. The van der Waals surface area contributed by atoms with Crippen LogP contribution in [0, 0.1) is 0 Å². The van der Waals surface area contributed by atoms with E-state index in [1.807, 2.05) is 0 Å². The van der Waals surface area contributed by atoms with Crippen LogP contribution in [-0.4, -0.2) is 39.7 Å². The van der Waals surface area contributed by atoms with Crippen molar-refractivity contribution in [3.63, 3.8) is 0 Å². The molecule has 0 rings (SSSR count). The van der Waals surface area contributed by atoms with Gasteiger partial charge >= 0.3 is 0 Å². The van der Waals surface area contributed by atoms with Crippen LogP contribution in [0.1, 0.15) is 19.8 Å². The van der Waals surface area contributed by atoms with E-state index >= 15 is 0 Å². The molecule has 0 aromatic rings. The minimum Gasteiger partial charge on any atom is -0.356 e. The first-order chi connectivity index (χ1) is 6.81. The molecule has 6 nitrogen and oxygen atoms in total. The highest BCUT2D eigenvalue weighted by molar-refractivity contribution is 7.88. The van der Waals surface area contributed by atoms with Crippen molar-refractivity contribution in [3.05, 3.63) is 0 Å². The summed E-state index contributed by atoms with van der Waals surface area (Å²) in [7, 11) is -3.13. The molecule has 0 bridgehead atoms. The second-order valence-corrected chi connectivity index (χ2v) is 5.38. The molecular weight excluding hydrogens is 218 g/mol. The van der Waals surface area contributed by atoms with Gasteiger partial charge in [-0.3, -0.25) is 4.79 Å². The van der Waals surface area contributed by atoms with Gasteiger partial charge in [-0.05, 0) is 13.3 Å². The summed E-state index contributed by atoms with van der Waals surface area (Å²) >= 11 is 0. The summed E-state index contributed by atoms with van der Waals surface area (Å²) < 4.78 is 23.7. The van der Waals surface area contributed by atoms with Gasteiger partial charge in [0, 0.05) is 25.6 Å². The van der Waals surface area contributed by atoms with Gasteiger partial charge in [-0.25, -0.2) is 13.1 Å². The number of carbonyl (C=O) groups excluding carboxylic acids is 1. The smallest absolute Gasteiger partial charge is 0.221 e. The van der Waals surface area contributed by atoms with Gasteiger partial charge < -0.3 is 11.1 Å². The van der Waals surface area contributed by atoms with E-state index in [0.717, 1.165) is 6.26 Å². The lowest BCUT2D eigenvalue weighted by Crippen LogP contribution is -2.32. The third-order valence-corrected chi connectivity index (χ3v) is 2.28. The highest BCUT2D eigenvalue weighted by atomic mass is 32.2. The summed E-state index contributed by atoms with van der Waals surface area (Å²) in [4.78, 5) is 11.1. The Labute approximate surface area is 90.7 Å².